The van der Waals surface area contributed by atoms with Crippen LogP contribution in [0.3, 0.4) is 0 Å². The van der Waals surface area contributed by atoms with Gasteiger partial charge < -0.3 is 20.6 Å². The van der Waals surface area contributed by atoms with E-state index in [1.54, 1.807) is 6.08 Å². The average molecular weight is 742 g/mol. The molecule has 0 saturated heterocycles. The van der Waals surface area contributed by atoms with Gasteiger partial charge in [-0.1, -0.05) is 190 Å². The number of allylic oxidation sites excluding steroid dienone is 9. The van der Waals surface area contributed by atoms with Crippen LogP contribution >= 0.6 is 0 Å². The Bertz CT molecular complexity index is 907. The molecule has 0 heterocycles. The highest BCUT2D eigenvalue weighted by Gasteiger charge is 2.20. The van der Waals surface area contributed by atoms with E-state index in [1.165, 1.54) is 135 Å². The molecule has 0 aromatic carbocycles. The quantitative estimate of drug-likeness (QED) is 0.0372. The molecule has 0 aromatic heterocycles. The predicted molar refractivity (Wildman–Crippen MR) is 231 cm³/mol. The number of nitrogens with one attached hydrogen (secondary N) is 1. The lowest BCUT2D eigenvalue weighted by Gasteiger charge is -2.21. The third kappa shape index (κ3) is 39.6. The molecule has 0 fully saturated rings. The van der Waals surface area contributed by atoms with Crippen LogP contribution in [0.5, 0.6) is 0 Å². The van der Waals surface area contributed by atoms with Crippen molar-refractivity contribution in [1.82, 2.24) is 5.32 Å². The fourth-order valence-corrected chi connectivity index (χ4v) is 6.52. The summed E-state index contributed by atoms with van der Waals surface area (Å²) in [6, 6.07) is -0.772. The number of carbonyl (C=O) groups is 1. The first-order valence-corrected chi connectivity index (χ1v) is 22.6. The van der Waals surface area contributed by atoms with Gasteiger partial charge in [0.25, 0.3) is 0 Å². The van der Waals surface area contributed by atoms with Crippen molar-refractivity contribution in [2.45, 2.75) is 231 Å². The molecular weight excluding hydrogens is 655 g/mol. The third-order valence-corrected chi connectivity index (χ3v) is 10.0. The van der Waals surface area contributed by atoms with Crippen LogP contribution in [0.1, 0.15) is 213 Å². The molecule has 1 amide bonds. The van der Waals surface area contributed by atoms with E-state index in [1.807, 2.05) is 6.08 Å². The maximum Gasteiger partial charge on any atom is 0.222 e. The summed E-state index contributed by atoms with van der Waals surface area (Å²) in [6.45, 7) is 4.17. The highest BCUT2D eigenvalue weighted by Crippen LogP contribution is 2.14. The lowest BCUT2D eigenvalue weighted by atomic mass is 10.0. The van der Waals surface area contributed by atoms with E-state index in [9.17, 15) is 20.1 Å². The molecule has 3 unspecified atom stereocenters. The first-order chi connectivity index (χ1) is 26.0. The Balaban J connectivity index is 3.73. The summed E-state index contributed by atoms with van der Waals surface area (Å²) >= 11 is 0. The molecule has 0 aliphatic rings. The minimum Gasteiger partial charge on any atom is -0.394 e. The first kappa shape index (κ1) is 51.0. The van der Waals surface area contributed by atoms with Gasteiger partial charge in [0.1, 0.15) is 0 Å². The number of rotatable bonds is 40. The van der Waals surface area contributed by atoms with Crippen molar-refractivity contribution >= 4 is 5.91 Å². The number of amides is 1. The fraction of sp³-hybridized carbons (Fsp3) is 0.771. The van der Waals surface area contributed by atoms with Crippen LogP contribution in [0.2, 0.25) is 0 Å². The van der Waals surface area contributed by atoms with E-state index >= 15 is 0 Å². The van der Waals surface area contributed by atoms with Gasteiger partial charge in [-0.3, -0.25) is 4.79 Å². The van der Waals surface area contributed by atoms with Crippen LogP contribution in [0.4, 0.5) is 0 Å². The van der Waals surface area contributed by atoms with E-state index in [0.717, 1.165) is 51.4 Å². The highest BCUT2D eigenvalue weighted by atomic mass is 16.3. The summed E-state index contributed by atoms with van der Waals surface area (Å²) in [6.07, 6.45) is 56.5. The zero-order valence-corrected chi connectivity index (χ0v) is 34.9. The Morgan fingerprint density at radius 1 is 0.491 bits per heavy atom. The lowest BCUT2D eigenvalue weighted by molar-refractivity contribution is -0.124. The summed E-state index contributed by atoms with van der Waals surface area (Å²) in [5.74, 6) is -0.336. The Morgan fingerprint density at radius 2 is 0.868 bits per heavy atom. The largest absolute Gasteiger partial charge is 0.394 e. The summed E-state index contributed by atoms with van der Waals surface area (Å²) < 4.78 is 0. The Kier molecular flexibility index (Phi) is 41.2. The van der Waals surface area contributed by atoms with Gasteiger partial charge in [0.05, 0.1) is 31.3 Å². The van der Waals surface area contributed by atoms with E-state index in [-0.39, 0.29) is 18.9 Å². The number of unbranched alkanes of at least 4 members (excludes halogenated alkanes) is 23. The highest BCUT2D eigenvalue weighted by molar-refractivity contribution is 5.76. The Labute approximate surface area is 329 Å². The minimum atomic E-state index is -0.963. The molecule has 0 aliphatic heterocycles. The van der Waals surface area contributed by atoms with Gasteiger partial charge in [-0.25, -0.2) is 0 Å². The summed E-state index contributed by atoms with van der Waals surface area (Å²) in [4.78, 5) is 12.4. The van der Waals surface area contributed by atoms with E-state index in [4.69, 9.17) is 0 Å². The van der Waals surface area contributed by atoms with Gasteiger partial charge in [0.15, 0.2) is 0 Å². The fourth-order valence-electron chi connectivity index (χ4n) is 6.52. The van der Waals surface area contributed by atoms with Gasteiger partial charge in [0.2, 0.25) is 5.91 Å². The summed E-state index contributed by atoms with van der Waals surface area (Å²) in [7, 11) is 0. The second-order valence-corrected chi connectivity index (χ2v) is 15.3. The van der Waals surface area contributed by atoms with Crippen LogP contribution in [0.25, 0.3) is 0 Å². The number of aliphatic hydroxyl groups excluding tert-OH is 3. The van der Waals surface area contributed by atoms with Gasteiger partial charge in [-0.2, -0.15) is 0 Å². The summed E-state index contributed by atoms with van der Waals surface area (Å²) in [5, 5.41) is 33.2. The third-order valence-electron chi connectivity index (χ3n) is 10.0. The molecule has 0 bridgehead atoms. The topological polar surface area (TPSA) is 89.8 Å². The van der Waals surface area contributed by atoms with Crippen LogP contribution in [0, 0.1) is 0 Å². The van der Waals surface area contributed by atoms with Crippen molar-refractivity contribution in [1.29, 1.82) is 0 Å². The predicted octanol–water partition coefficient (Wildman–Crippen LogP) is 13.1. The zero-order chi connectivity index (χ0) is 38.7. The van der Waals surface area contributed by atoms with Crippen molar-refractivity contribution in [3.8, 4) is 0 Å². The van der Waals surface area contributed by atoms with Crippen molar-refractivity contribution in [3.63, 3.8) is 0 Å². The molecule has 0 radical (unpaired) electrons. The molecule has 0 aliphatic carbocycles. The molecule has 0 rings (SSSR count). The first-order valence-electron chi connectivity index (χ1n) is 22.6. The molecular formula is C48H87NO4. The second kappa shape index (κ2) is 42.8. The van der Waals surface area contributed by atoms with Gasteiger partial charge in [0, 0.05) is 0 Å². The zero-order valence-electron chi connectivity index (χ0n) is 34.9. The van der Waals surface area contributed by atoms with Gasteiger partial charge in [-0.15, -0.1) is 0 Å². The van der Waals surface area contributed by atoms with E-state index in [2.05, 4.69) is 67.8 Å². The van der Waals surface area contributed by atoms with Crippen LogP contribution < -0.4 is 5.32 Å². The van der Waals surface area contributed by atoms with Gasteiger partial charge >= 0.3 is 0 Å². The van der Waals surface area contributed by atoms with Crippen molar-refractivity contribution < 1.29 is 20.1 Å². The molecule has 308 valence electrons. The number of hydrogen-bond acceptors (Lipinski definition) is 4. The van der Waals surface area contributed by atoms with E-state index in [0.29, 0.717) is 6.42 Å². The molecule has 0 spiro atoms. The van der Waals surface area contributed by atoms with Crippen LogP contribution in [-0.2, 0) is 4.79 Å². The molecule has 3 atom stereocenters. The number of hydrogen-bond donors (Lipinski definition) is 4. The smallest absolute Gasteiger partial charge is 0.222 e. The minimum absolute atomic E-state index is 0.00546. The maximum absolute atomic E-state index is 12.4. The second-order valence-electron chi connectivity index (χ2n) is 15.3. The van der Waals surface area contributed by atoms with Crippen molar-refractivity contribution in [2.24, 2.45) is 0 Å². The molecule has 53 heavy (non-hydrogen) atoms. The SMILES string of the molecule is CCCCCCC/C=C/CC/C=C/CC/C=C/C(O)C(CO)NC(=O)CC(O)CCCCCCCCC/C=C\C/C=C\CCCCCCCCCCC. The molecule has 4 N–H and O–H groups in total. The van der Waals surface area contributed by atoms with Gasteiger partial charge in [-0.05, 0) is 77.0 Å². The number of aliphatic hydroxyl groups is 3. The maximum atomic E-state index is 12.4. The molecule has 0 aromatic rings. The lowest BCUT2D eigenvalue weighted by Crippen LogP contribution is -2.45. The van der Waals surface area contributed by atoms with Crippen molar-refractivity contribution in [2.75, 3.05) is 6.61 Å². The summed E-state index contributed by atoms with van der Waals surface area (Å²) in [5.41, 5.74) is 0. The van der Waals surface area contributed by atoms with Crippen LogP contribution in [-0.4, -0.2) is 46.1 Å². The molecule has 5 heteroatoms. The van der Waals surface area contributed by atoms with E-state index < -0.39 is 18.2 Å². The van der Waals surface area contributed by atoms with Crippen molar-refractivity contribution in [3.05, 3.63) is 60.8 Å². The molecule has 5 nitrogen and oxygen atoms in total. The Morgan fingerprint density at radius 3 is 1.32 bits per heavy atom. The average Bonchev–Trinajstić information content (AvgIpc) is 3.15. The Hall–Kier alpha value is -1.95. The number of carbonyl (C=O) groups excluding carboxylic acids is 1. The molecule has 0 saturated carbocycles. The standard InChI is InChI=1S/C48H87NO4/c1-3-5-7-9-11-13-15-17-19-20-21-22-23-24-25-26-28-29-31-33-35-37-39-41-45(51)43-48(53)49-46(44-50)47(52)42-40-38-36-34-32-30-27-18-16-14-12-10-8-6-4-2/h16,18,21-22,24-25,32,34,40,42,45-47,50-52H,3-15,17,19-20,23,26-31,33,35-39,41,43-44H2,1-2H3,(H,49,53)/b18-16+,22-21-,25-24-,34-32+,42-40+. The van der Waals surface area contributed by atoms with Crippen LogP contribution in [0.15, 0.2) is 60.8 Å². The normalized spacial score (nSPS) is 14.1. The monoisotopic (exact) mass is 742 g/mol.